The minimum atomic E-state index is 0.627. The summed E-state index contributed by atoms with van der Waals surface area (Å²) in [4.78, 5) is 2.22. The number of nitrogens with zero attached hydrogens (tertiary/aromatic N) is 1. The summed E-state index contributed by atoms with van der Waals surface area (Å²) in [6, 6.07) is 0.627. The zero-order valence-electron chi connectivity index (χ0n) is 10.6. The van der Waals surface area contributed by atoms with E-state index in [2.05, 4.69) is 29.6 Å². The molecule has 0 aromatic heterocycles. The van der Waals surface area contributed by atoms with Crippen molar-refractivity contribution in [1.29, 1.82) is 0 Å². The largest absolute Gasteiger partial charge is 0.363 e. The standard InChI is InChI=1S/C12H25N3S/c1-15(2)10-6-5-9-13-12(16)14-11-7-3-4-8-11/h11H,3-10H2,1-2H3,(H2,13,14,16). The van der Waals surface area contributed by atoms with Crippen LogP contribution in [0.15, 0.2) is 0 Å². The minimum absolute atomic E-state index is 0.627. The Morgan fingerprint density at radius 2 is 1.94 bits per heavy atom. The Labute approximate surface area is 105 Å². The van der Waals surface area contributed by atoms with Crippen LogP contribution in [0.25, 0.3) is 0 Å². The zero-order chi connectivity index (χ0) is 11.8. The fourth-order valence-corrected chi connectivity index (χ4v) is 2.33. The molecule has 0 bridgehead atoms. The average Bonchev–Trinajstić information content (AvgIpc) is 2.69. The van der Waals surface area contributed by atoms with Gasteiger partial charge in [0.2, 0.25) is 0 Å². The number of thiocarbonyl (C=S) groups is 1. The molecule has 2 N–H and O–H groups in total. The summed E-state index contributed by atoms with van der Waals surface area (Å²) in [5.74, 6) is 0. The quantitative estimate of drug-likeness (QED) is 0.549. The molecule has 0 aliphatic heterocycles. The lowest BCUT2D eigenvalue weighted by Crippen LogP contribution is -2.41. The molecule has 0 radical (unpaired) electrons. The maximum absolute atomic E-state index is 5.26. The van der Waals surface area contributed by atoms with Crippen LogP contribution >= 0.6 is 12.2 Å². The van der Waals surface area contributed by atoms with E-state index in [0.29, 0.717) is 6.04 Å². The van der Waals surface area contributed by atoms with Crippen LogP contribution < -0.4 is 10.6 Å². The fraction of sp³-hybridized carbons (Fsp3) is 0.917. The molecule has 0 heterocycles. The second kappa shape index (κ2) is 7.85. The normalized spacial score (nSPS) is 16.7. The van der Waals surface area contributed by atoms with Crippen LogP contribution in [0.5, 0.6) is 0 Å². The molecule has 0 unspecified atom stereocenters. The number of hydrogen-bond acceptors (Lipinski definition) is 2. The molecule has 94 valence electrons. The topological polar surface area (TPSA) is 27.3 Å². The lowest BCUT2D eigenvalue weighted by molar-refractivity contribution is 0.394. The van der Waals surface area contributed by atoms with Crippen LogP contribution in [0.1, 0.15) is 38.5 Å². The Kier molecular flexibility index (Phi) is 6.73. The molecule has 1 fully saturated rings. The van der Waals surface area contributed by atoms with E-state index in [4.69, 9.17) is 12.2 Å². The molecule has 0 aromatic rings. The first kappa shape index (κ1) is 13.7. The van der Waals surface area contributed by atoms with Crippen molar-refractivity contribution in [1.82, 2.24) is 15.5 Å². The summed E-state index contributed by atoms with van der Waals surface area (Å²) >= 11 is 5.26. The highest BCUT2D eigenvalue weighted by Gasteiger charge is 2.14. The van der Waals surface area contributed by atoms with E-state index in [1.54, 1.807) is 0 Å². The predicted octanol–water partition coefficient (Wildman–Crippen LogP) is 1.73. The van der Waals surface area contributed by atoms with E-state index in [-0.39, 0.29) is 0 Å². The Bertz CT molecular complexity index is 200. The van der Waals surface area contributed by atoms with E-state index >= 15 is 0 Å². The molecule has 16 heavy (non-hydrogen) atoms. The van der Waals surface area contributed by atoms with Gasteiger partial charge in [0, 0.05) is 12.6 Å². The number of nitrogens with one attached hydrogen (secondary N) is 2. The van der Waals surface area contributed by atoms with Gasteiger partial charge in [-0.3, -0.25) is 0 Å². The van der Waals surface area contributed by atoms with Crippen LogP contribution in [-0.2, 0) is 0 Å². The van der Waals surface area contributed by atoms with Crippen LogP contribution in [0.3, 0.4) is 0 Å². The molecule has 3 nitrogen and oxygen atoms in total. The van der Waals surface area contributed by atoms with Gasteiger partial charge in [0.05, 0.1) is 0 Å². The molecule has 1 aliphatic carbocycles. The molecular weight excluding hydrogens is 218 g/mol. The van der Waals surface area contributed by atoms with Crippen LogP contribution in [0, 0.1) is 0 Å². The first-order valence-corrected chi connectivity index (χ1v) is 6.78. The van der Waals surface area contributed by atoms with Gasteiger partial charge in [0.1, 0.15) is 0 Å². The van der Waals surface area contributed by atoms with Crippen molar-refractivity contribution in [3.8, 4) is 0 Å². The molecule has 1 rings (SSSR count). The second-order valence-electron chi connectivity index (χ2n) is 4.89. The molecule has 0 spiro atoms. The van der Waals surface area contributed by atoms with Crippen molar-refractivity contribution >= 4 is 17.3 Å². The van der Waals surface area contributed by atoms with Gasteiger partial charge >= 0.3 is 0 Å². The summed E-state index contributed by atoms with van der Waals surface area (Å²) < 4.78 is 0. The Hall–Kier alpha value is -0.350. The molecule has 0 saturated heterocycles. The molecular formula is C12H25N3S. The molecule has 0 atom stereocenters. The third-order valence-electron chi connectivity index (χ3n) is 3.01. The van der Waals surface area contributed by atoms with E-state index in [9.17, 15) is 0 Å². The summed E-state index contributed by atoms with van der Waals surface area (Å²) in [6.07, 6.45) is 7.67. The van der Waals surface area contributed by atoms with Gasteiger partial charge in [0.15, 0.2) is 5.11 Å². The van der Waals surface area contributed by atoms with E-state index in [1.165, 1.54) is 38.5 Å². The van der Waals surface area contributed by atoms with E-state index < -0.39 is 0 Å². The van der Waals surface area contributed by atoms with Gasteiger partial charge in [-0.1, -0.05) is 12.8 Å². The van der Waals surface area contributed by atoms with Crippen molar-refractivity contribution in [2.45, 2.75) is 44.6 Å². The Balaban J connectivity index is 1.93. The average molecular weight is 243 g/mol. The molecule has 0 amide bonds. The zero-order valence-corrected chi connectivity index (χ0v) is 11.4. The van der Waals surface area contributed by atoms with Crippen LogP contribution in [0.4, 0.5) is 0 Å². The minimum Gasteiger partial charge on any atom is -0.363 e. The number of unbranched alkanes of at least 4 members (excludes halogenated alkanes) is 1. The van der Waals surface area contributed by atoms with E-state index in [1.807, 2.05) is 0 Å². The second-order valence-corrected chi connectivity index (χ2v) is 5.30. The molecule has 0 aromatic carbocycles. The highest BCUT2D eigenvalue weighted by molar-refractivity contribution is 7.80. The summed E-state index contributed by atoms with van der Waals surface area (Å²) in [5, 5.41) is 7.52. The number of hydrogen-bond donors (Lipinski definition) is 2. The lowest BCUT2D eigenvalue weighted by Gasteiger charge is -2.16. The van der Waals surface area contributed by atoms with Crippen molar-refractivity contribution in [2.75, 3.05) is 27.2 Å². The van der Waals surface area contributed by atoms with Crippen molar-refractivity contribution in [3.63, 3.8) is 0 Å². The molecule has 4 heteroatoms. The maximum Gasteiger partial charge on any atom is 0.166 e. The highest BCUT2D eigenvalue weighted by atomic mass is 32.1. The highest BCUT2D eigenvalue weighted by Crippen LogP contribution is 2.17. The lowest BCUT2D eigenvalue weighted by atomic mass is 10.2. The third kappa shape index (κ3) is 6.28. The summed E-state index contributed by atoms with van der Waals surface area (Å²) in [7, 11) is 4.22. The van der Waals surface area contributed by atoms with Gasteiger partial charge < -0.3 is 15.5 Å². The van der Waals surface area contributed by atoms with Gasteiger partial charge in [0.25, 0.3) is 0 Å². The van der Waals surface area contributed by atoms with Gasteiger partial charge in [-0.05, 0) is 58.5 Å². The first-order valence-electron chi connectivity index (χ1n) is 6.37. The van der Waals surface area contributed by atoms with Gasteiger partial charge in [-0.25, -0.2) is 0 Å². The number of rotatable bonds is 6. The predicted molar refractivity (Wildman–Crippen MR) is 73.8 cm³/mol. The van der Waals surface area contributed by atoms with Gasteiger partial charge in [-0.15, -0.1) is 0 Å². The summed E-state index contributed by atoms with van der Waals surface area (Å²) in [6.45, 7) is 2.15. The van der Waals surface area contributed by atoms with Crippen molar-refractivity contribution in [3.05, 3.63) is 0 Å². The Morgan fingerprint density at radius 1 is 1.25 bits per heavy atom. The first-order chi connectivity index (χ1) is 7.68. The maximum atomic E-state index is 5.26. The SMILES string of the molecule is CN(C)CCCCNC(=S)NC1CCCC1. The summed E-state index contributed by atoms with van der Waals surface area (Å²) in [5.41, 5.74) is 0. The van der Waals surface area contributed by atoms with Crippen LogP contribution in [-0.4, -0.2) is 43.2 Å². The van der Waals surface area contributed by atoms with Crippen LogP contribution in [0.2, 0.25) is 0 Å². The smallest absolute Gasteiger partial charge is 0.166 e. The van der Waals surface area contributed by atoms with Gasteiger partial charge in [-0.2, -0.15) is 0 Å². The Morgan fingerprint density at radius 3 is 2.56 bits per heavy atom. The van der Waals surface area contributed by atoms with Crippen molar-refractivity contribution in [2.24, 2.45) is 0 Å². The molecule has 1 aliphatic rings. The third-order valence-corrected chi connectivity index (χ3v) is 3.27. The monoisotopic (exact) mass is 243 g/mol. The molecule has 1 saturated carbocycles. The van der Waals surface area contributed by atoms with Crippen molar-refractivity contribution < 1.29 is 0 Å². The van der Waals surface area contributed by atoms with E-state index in [0.717, 1.165) is 18.2 Å². The fourth-order valence-electron chi connectivity index (χ4n) is 2.06.